The molecular formula is C14H28N2O. The number of piperidine rings is 1. The molecule has 0 spiro atoms. The largest absolute Gasteiger partial charge is 0.393 e. The third-order valence-electron chi connectivity index (χ3n) is 4.22. The predicted octanol–water partition coefficient (Wildman–Crippen LogP) is 1.47. The van der Waals surface area contributed by atoms with Crippen LogP contribution in [-0.2, 0) is 0 Å². The molecule has 1 saturated carbocycles. The van der Waals surface area contributed by atoms with Crippen LogP contribution in [0.4, 0.5) is 0 Å². The van der Waals surface area contributed by atoms with Crippen LogP contribution in [0.5, 0.6) is 0 Å². The fourth-order valence-corrected chi connectivity index (χ4v) is 2.78. The average Bonchev–Trinajstić information content (AvgIpc) is 3.11. The van der Waals surface area contributed by atoms with Crippen LogP contribution >= 0.6 is 0 Å². The highest BCUT2D eigenvalue weighted by Crippen LogP contribution is 2.22. The molecule has 1 saturated heterocycles. The van der Waals surface area contributed by atoms with Gasteiger partial charge in [-0.15, -0.1) is 0 Å². The molecule has 0 aromatic heterocycles. The third-order valence-corrected chi connectivity index (χ3v) is 4.22. The highest BCUT2D eigenvalue weighted by Gasteiger charge is 2.24. The molecule has 1 aliphatic heterocycles. The third kappa shape index (κ3) is 4.57. The number of aliphatic hydroxyl groups excluding tert-OH is 1. The second-order valence-corrected chi connectivity index (χ2v) is 6.17. The van der Waals surface area contributed by atoms with Crippen molar-refractivity contribution in [3.05, 3.63) is 0 Å². The quantitative estimate of drug-likeness (QED) is 0.738. The van der Waals surface area contributed by atoms with Crippen LogP contribution in [-0.4, -0.2) is 48.3 Å². The van der Waals surface area contributed by atoms with Crippen molar-refractivity contribution < 1.29 is 5.11 Å². The molecule has 100 valence electrons. The van der Waals surface area contributed by atoms with E-state index < -0.39 is 0 Å². The lowest BCUT2D eigenvalue weighted by molar-refractivity contribution is 0.0673. The highest BCUT2D eigenvalue weighted by atomic mass is 16.3. The molecule has 2 fully saturated rings. The molecule has 0 amide bonds. The van der Waals surface area contributed by atoms with Gasteiger partial charge in [-0.1, -0.05) is 6.92 Å². The van der Waals surface area contributed by atoms with Gasteiger partial charge in [0.2, 0.25) is 0 Å². The van der Waals surface area contributed by atoms with E-state index in [0.29, 0.717) is 5.92 Å². The lowest BCUT2D eigenvalue weighted by Gasteiger charge is -2.34. The van der Waals surface area contributed by atoms with Gasteiger partial charge >= 0.3 is 0 Å². The Morgan fingerprint density at radius 1 is 1.18 bits per heavy atom. The number of hydrogen-bond acceptors (Lipinski definition) is 3. The summed E-state index contributed by atoms with van der Waals surface area (Å²) < 4.78 is 0. The van der Waals surface area contributed by atoms with Gasteiger partial charge in [-0.2, -0.15) is 0 Å². The minimum atomic E-state index is -0.119. The zero-order valence-electron chi connectivity index (χ0n) is 11.4. The molecule has 3 nitrogen and oxygen atoms in total. The Bertz CT molecular complexity index is 220. The van der Waals surface area contributed by atoms with Crippen molar-refractivity contribution in [2.45, 2.75) is 51.7 Å². The van der Waals surface area contributed by atoms with Gasteiger partial charge in [0.25, 0.3) is 0 Å². The first-order chi connectivity index (χ1) is 8.15. The van der Waals surface area contributed by atoms with Gasteiger partial charge in [-0.3, -0.25) is 0 Å². The van der Waals surface area contributed by atoms with E-state index in [-0.39, 0.29) is 6.10 Å². The second-order valence-electron chi connectivity index (χ2n) is 6.17. The Kier molecular flexibility index (Phi) is 4.83. The molecule has 2 aliphatic rings. The number of nitrogens with one attached hydrogen (secondary N) is 1. The SMILES string of the molecule is CC(CNC1CC1)CN1CCC(C(C)O)CC1. The summed E-state index contributed by atoms with van der Waals surface area (Å²) in [6.45, 7) is 9.00. The van der Waals surface area contributed by atoms with Gasteiger partial charge in [0, 0.05) is 12.6 Å². The van der Waals surface area contributed by atoms with Gasteiger partial charge in [0.1, 0.15) is 0 Å². The minimum absolute atomic E-state index is 0.119. The Morgan fingerprint density at radius 2 is 1.82 bits per heavy atom. The van der Waals surface area contributed by atoms with Crippen LogP contribution in [0.2, 0.25) is 0 Å². The fourth-order valence-electron chi connectivity index (χ4n) is 2.78. The molecule has 0 bridgehead atoms. The second kappa shape index (κ2) is 6.17. The van der Waals surface area contributed by atoms with E-state index in [4.69, 9.17) is 0 Å². The summed E-state index contributed by atoms with van der Waals surface area (Å²) in [6, 6.07) is 0.832. The molecule has 0 aromatic rings. The zero-order chi connectivity index (χ0) is 12.3. The van der Waals surface area contributed by atoms with Crippen molar-refractivity contribution in [3.8, 4) is 0 Å². The van der Waals surface area contributed by atoms with E-state index in [0.717, 1.165) is 12.0 Å². The average molecular weight is 240 g/mol. The summed E-state index contributed by atoms with van der Waals surface area (Å²) in [5.74, 6) is 1.28. The Hall–Kier alpha value is -0.120. The smallest absolute Gasteiger partial charge is 0.0541 e. The Labute approximate surface area is 106 Å². The van der Waals surface area contributed by atoms with E-state index in [1.54, 1.807) is 0 Å². The van der Waals surface area contributed by atoms with E-state index in [1.165, 1.54) is 51.9 Å². The Balaban J connectivity index is 1.59. The summed E-state index contributed by atoms with van der Waals surface area (Å²) in [7, 11) is 0. The van der Waals surface area contributed by atoms with Crippen molar-refractivity contribution in [3.63, 3.8) is 0 Å². The van der Waals surface area contributed by atoms with Gasteiger partial charge in [-0.05, 0) is 64.1 Å². The van der Waals surface area contributed by atoms with Gasteiger partial charge in [0.05, 0.1) is 6.10 Å². The summed E-state index contributed by atoms with van der Waals surface area (Å²) in [6.07, 6.45) is 4.98. The molecule has 2 N–H and O–H groups in total. The Morgan fingerprint density at radius 3 is 2.35 bits per heavy atom. The van der Waals surface area contributed by atoms with E-state index in [2.05, 4.69) is 17.1 Å². The topological polar surface area (TPSA) is 35.5 Å². The van der Waals surface area contributed by atoms with E-state index in [9.17, 15) is 5.11 Å². The van der Waals surface area contributed by atoms with E-state index >= 15 is 0 Å². The molecule has 2 rings (SSSR count). The molecular weight excluding hydrogens is 212 g/mol. The fraction of sp³-hybridized carbons (Fsp3) is 1.00. The lowest BCUT2D eigenvalue weighted by Crippen LogP contribution is -2.41. The molecule has 17 heavy (non-hydrogen) atoms. The van der Waals surface area contributed by atoms with E-state index in [1.807, 2.05) is 6.92 Å². The normalized spacial score (nSPS) is 27.0. The molecule has 2 unspecified atom stereocenters. The first kappa shape index (κ1) is 13.3. The summed E-state index contributed by atoms with van der Waals surface area (Å²) in [4.78, 5) is 2.57. The number of aliphatic hydroxyl groups is 1. The monoisotopic (exact) mass is 240 g/mol. The van der Waals surface area contributed by atoms with Crippen LogP contribution in [0.1, 0.15) is 39.5 Å². The standard InChI is InChI=1S/C14H28N2O/c1-11(9-15-14-3-4-14)10-16-7-5-13(6-8-16)12(2)17/h11-15,17H,3-10H2,1-2H3. The summed E-state index contributed by atoms with van der Waals surface area (Å²) in [5, 5.41) is 13.2. The molecule has 1 heterocycles. The maximum Gasteiger partial charge on any atom is 0.0541 e. The van der Waals surface area contributed by atoms with Crippen molar-refractivity contribution in [2.75, 3.05) is 26.2 Å². The lowest BCUT2D eigenvalue weighted by atomic mass is 9.92. The van der Waals surface area contributed by atoms with Crippen LogP contribution in [0.3, 0.4) is 0 Å². The summed E-state index contributed by atoms with van der Waals surface area (Å²) >= 11 is 0. The van der Waals surface area contributed by atoms with Gasteiger partial charge < -0.3 is 15.3 Å². The molecule has 0 radical (unpaired) electrons. The van der Waals surface area contributed by atoms with Crippen LogP contribution in [0.25, 0.3) is 0 Å². The molecule has 0 aromatic carbocycles. The van der Waals surface area contributed by atoms with Crippen molar-refractivity contribution >= 4 is 0 Å². The first-order valence-electron chi connectivity index (χ1n) is 7.29. The van der Waals surface area contributed by atoms with Gasteiger partial charge in [0.15, 0.2) is 0 Å². The van der Waals surface area contributed by atoms with Gasteiger partial charge in [-0.25, -0.2) is 0 Å². The number of nitrogens with zero attached hydrogens (tertiary/aromatic N) is 1. The highest BCUT2D eigenvalue weighted by molar-refractivity contribution is 4.82. The van der Waals surface area contributed by atoms with Crippen LogP contribution in [0.15, 0.2) is 0 Å². The van der Waals surface area contributed by atoms with Crippen LogP contribution in [0, 0.1) is 11.8 Å². The minimum Gasteiger partial charge on any atom is -0.393 e. The molecule has 3 heteroatoms. The number of rotatable bonds is 6. The maximum absolute atomic E-state index is 9.57. The van der Waals surface area contributed by atoms with Crippen molar-refractivity contribution in [1.82, 2.24) is 10.2 Å². The number of hydrogen-bond donors (Lipinski definition) is 2. The molecule has 2 atom stereocenters. The first-order valence-corrected chi connectivity index (χ1v) is 7.29. The predicted molar refractivity (Wildman–Crippen MR) is 71.0 cm³/mol. The van der Waals surface area contributed by atoms with Crippen molar-refractivity contribution in [1.29, 1.82) is 0 Å². The van der Waals surface area contributed by atoms with Crippen LogP contribution < -0.4 is 5.32 Å². The van der Waals surface area contributed by atoms with Crippen molar-refractivity contribution in [2.24, 2.45) is 11.8 Å². The zero-order valence-corrected chi connectivity index (χ0v) is 11.4. The summed E-state index contributed by atoms with van der Waals surface area (Å²) in [5.41, 5.74) is 0. The number of likely N-dealkylation sites (tertiary alicyclic amines) is 1. The maximum atomic E-state index is 9.57. The molecule has 1 aliphatic carbocycles.